The zero-order valence-corrected chi connectivity index (χ0v) is 18.2. The van der Waals surface area contributed by atoms with E-state index in [-0.39, 0.29) is 11.2 Å². The average Bonchev–Trinajstić information content (AvgIpc) is 2.81. The van der Waals surface area contributed by atoms with Gasteiger partial charge in [-0.05, 0) is 67.4 Å². The second-order valence-electron chi connectivity index (χ2n) is 7.41. The number of H-pyrrole nitrogens is 1. The summed E-state index contributed by atoms with van der Waals surface area (Å²) in [5.41, 5.74) is 3.46. The van der Waals surface area contributed by atoms with E-state index in [0.29, 0.717) is 29.3 Å². The zero-order valence-electron chi connectivity index (χ0n) is 18.2. The summed E-state index contributed by atoms with van der Waals surface area (Å²) in [7, 11) is 0. The minimum atomic E-state index is -0.518. The minimum Gasteiger partial charge on any atom is -0.329 e. The van der Waals surface area contributed by atoms with Gasteiger partial charge in [-0.3, -0.25) is 9.59 Å². The van der Waals surface area contributed by atoms with E-state index < -0.39 is 11.7 Å². The number of aryl methyl sites for hydroxylation is 1. The van der Waals surface area contributed by atoms with E-state index in [9.17, 15) is 14.0 Å². The Morgan fingerprint density at radius 3 is 2.79 bits per heavy atom. The summed E-state index contributed by atoms with van der Waals surface area (Å²) in [4.78, 5) is 37.2. The van der Waals surface area contributed by atoms with Gasteiger partial charge in [0, 0.05) is 35.6 Å². The van der Waals surface area contributed by atoms with Crippen LogP contribution in [0.3, 0.4) is 0 Å². The van der Waals surface area contributed by atoms with Crippen molar-refractivity contribution >= 4 is 34.1 Å². The fourth-order valence-electron chi connectivity index (χ4n) is 3.67. The fraction of sp³-hybridized carbons (Fsp3) is 0.120. The third kappa shape index (κ3) is 4.36. The van der Waals surface area contributed by atoms with Crippen molar-refractivity contribution in [3.63, 3.8) is 0 Å². The van der Waals surface area contributed by atoms with Crippen molar-refractivity contribution in [2.24, 2.45) is 0 Å². The molecule has 7 nitrogen and oxygen atoms in total. The number of carbonyl (C=O) groups is 1. The highest BCUT2D eigenvalue weighted by Crippen LogP contribution is 2.27. The van der Waals surface area contributed by atoms with Gasteiger partial charge in [-0.25, -0.2) is 14.4 Å². The Bertz CT molecular complexity index is 1430. The molecule has 0 aliphatic rings. The molecule has 0 aliphatic carbocycles. The molecule has 0 saturated heterocycles. The highest BCUT2D eigenvalue weighted by molar-refractivity contribution is 6.01. The monoisotopic (exact) mass is 443 g/mol. The molecule has 0 bridgehead atoms. The number of anilines is 3. The van der Waals surface area contributed by atoms with E-state index in [1.807, 2.05) is 31.2 Å². The molecule has 0 radical (unpaired) electrons. The molecular formula is C25H22FN5O2. The lowest BCUT2D eigenvalue weighted by Gasteiger charge is -2.20. The summed E-state index contributed by atoms with van der Waals surface area (Å²) in [6, 6.07) is 11.7. The molecular weight excluding hydrogens is 421 g/mol. The molecule has 2 N–H and O–H groups in total. The van der Waals surface area contributed by atoms with Crippen molar-refractivity contribution in [2.75, 3.05) is 16.8 Å². The molecule has 33 heavy (non-hydrogen) atoms. The number of carbonyl (C=O) groups excluding carboxylic acids is 1. The highest BCUT2D eigenvalue weighted by Gasteiger charge is 2.16. The molecule has 8 heteroatoms. The number of nitrogens with zero attached hydrogens (tertiary/aromatic N) is 3. The molecule has 0 saturated carbocycles. The van der Waals surface area contributed by atoms with Crippen molar-refractivity contribution in [3.8, 4) is 11.1 Å². The smallest absolute Gasteiger partial charge is 0.256 e. The van der Waals surface area contributed by atoms with Crippen LogP contribution in [0.4, 0.5) is 21.7 Å². The van der Waals surface area contributed by atoms with Crippen LogP contribution in [0.2, 0.25) is 0 Å². The molecule has 2 heterocycles. The Balaban J connectivity index is 1.65. The number of halogens is 1. The molecule has 2 aromatic heterocycles. The maximum atomic E-state index is 14.4. The minimum absolute atomic E-state index is 0.140. The number of pyridine rings is 1. The first-order valence-electron chi connectivity index (χ1n) is 10.4. The van der Waals surface area contributed by atoms with Crippen molar-refractivity contribution in [3.05, 3.63) is 89.2 Å². The van der Waals surface area contributed by atoms with Crippen molar-refractivity contribution in [1.29, 1.82) is 0 Å². The van der Waals surface area contributed by atoms with Crippen molar-refractivity contribution < 1.29 is 9.18 Å². The van der Waals surface area contributed by atoms with Crippen LogP contribution in [0.5, 0.6) is 0 Å². The SMILES string of the molecule is C=CC(=O)N(CC)c1cc(Nc2ncc3cc(-c4c(C)cc[nH]c4=O)ccc3n2)ccc1F. The number of aromatic nitrogens is 3. The van der Waals surface area contributed by atoms with Crippen LogP contribution >= 0.6 is 0 Å². The lowest BCUT2D eigenvalue weighted by Crippen LogP contribution is -2.29. The quantitative estimate of drug-likeness (QED) is 0.421. The maximum Gasteiger partial charge on any atom is 0.256 e. The number of nitrogens with one attached hydrogen (secondary N) is 2. The summed E-state index contributed by atoms with van der Waals surface area (Å²) in [5.74, 6) is -0.589. The normalized spacial score (nSPS) is 10.8. The Morgan fingerprint density at radius 1 is 1.24 bits per heavy atom. The third-order valence-corrected chi connectivity index (χ3v) is 5.29. The molecule has 2 aromatic carbocycles. The van der Waals surface area contributed by atoms with E-state index in [1.165, 1.54) is 17.0 Å². The van der Waals surface area contributed by atoms with Crippen LogP contribution < -0.4 is 15.8 Å². The Morgan fingerprint density at radius 2 is 2.06 bits per heavy atom. The largest absolute Gasteiger partial charge is 0.329 e. The van der Waals surface area contributed by atoms with Gasteiger partial charge >= 0.3 is 0 Å². The number of benzene rings is 2. The van der Waals surface area contributed by atoms with Crippen LogP contribution in [0, 0.1) is 12.7 Å². The zero-order chi connectivity index (χ0) is 23.5. The van der Waals surface area contributed by atoms with E-state index in [2.05, 4.69) is 26.8 Å². The van der Waals surface area contributed by atoms with Gasteiger partial charge in [-0.1, -0.05) is 12.6 Å². The number of hydrogen-bond donors (Lipinski definition) is 2. The van der Waals surface area contributed by atoms with Crippen molar-refractivity contribution in [2.45, 2.75) is 13.8 Å². The number of amides is 1. The molecule has 0 aliphatic heterocycles. The summed E-state index contributed by atoms with van der Waals surface area (Å²) in [5, 5.41) is 3.83. The number of aromatic amines is 1. The third-order valence-electron chi connectivity index (χ3n) is 5.29. The maximum absolute atomic E-state index is 14.4. The standard InChI is InChI=1S/C25H22FN5O2/c1-4-22(32)31(5-2)21-13-18(7-8-19(21)26)29-25-28-14-17-12-16(6-9-20(17)30-25)23-15(3)10-11-27-24(23)33/h4,6-14H,1,5H2,2-3H3,(H,27,33)(H,28,29,30). The highest BCUT2D eigenvalue weighted by atomic mass is 19.1. The van der Waals surface area contributed by atoms with E-state index >= 15 is 0 Å². The summed E-state index contributed by atoms with van der Waals surface area (Å²) in [6.07, 6.45) is 4.43. The van der Waals surface area contributed by atoms with Crippen LogP contribution in [-0.2, 0) is 4.79 Å². The van der Waals surface area contributed by atoms with Gasteiger partial charge in [-0.2, -0.15) is 0 Å². The van der Waals surface area contributed by atoms with Gasteiger partial charge in [0.1, 0.15) is 5.82 Å². The molecule has 0 fully saturated rings. The number of likely N-dealkylation sites (N-methyl/N-ethyl adjacent to an activating group) is 1. The topological polar surface area (TPSA) is 91.0 Å². The first kappa shape index (κ1) is 21.9. The lowest BCUT2D eigenvalue weighted by atomic mass is 10.0. The van der Waals surface area contributed by atoms with Crippen LogP contribution in [0.15, 0.2) is 72.3 Å². The predicted octanol–water partition coefficient (Wildman–Crippen LogP) is 4.72. The molecule has 1 amide bonds. The molecule has 0 unspecified atom stereocenters. The second kappa shape index (κ2) is 9.04. The molecule has 0 atom stereocenters. The summed E-state index contributed by atoms with van der Waals surface area (Å²) >= 11 is 0. The van der Waals surface area contributed by atoms with Crippen LogP contribution in [-0.4, -0.2) is 27.4 Å². The molecule has 166 valence electrons. The Hall–Kier alpha value is -4.33. The van der Waals surface area contributed by atoms with Gasteiger partial charge < -0.3 is 15.2 Å². The van der Waals surface area contributed by atoms with Gasteiger partial charge in [0.15, 0.2) is 0 Å². The van der Waals surface area contributed by atoms with Crippen LogP contribution in [0.1, 0.15) is 12.5 Å². The van der Waals surface area contributed by atoms with E-state index in [1.54, 1.807) is 25.4 Å². The van der Waals surface area contributed by atoms with Gasteiger partial charge in [0.2, 0.25) is 11.9 Å². The summed E-state index contributed by atoms with van der Waals surface area (Å²) in [6.45, 7) is 7.41. The predicted molar refractivity (Wildman–Crippen MR) is 128 cm³/mol. The number of rotatable bonds is 6. The first-order chi connectivity index (χ1) is 15.9. The Labute approximate surface area is 189 Å². The van der Waals surface area contributed by atoms with Crippen molar-refractivity contribution in [1.82, 2.24) is 15.0 Å². The van der Waals surface area contributed by atoms with E-state index in [4.69, 9.17) is 0 Å². The van der Waals surface area contributed by atoms with Crippen LogP contribution in [0.25, 0.3) is 22.0 Å². The first-order valence-corrected chi connectivity index (χ1v) is 10.4. The number of hydrogen-bond acceptors (Lipinski definition) is 5. The lowest BCUT2D eigenvalue weighted by molar-refractivity contribution is -0.114. The summed E-state index contributed by atoms with van der Waals surface area (Å²) < 4.78 is 14.4. The molecule has 0 spiro atoms. The fourth-order valence-corrected chi connectivity index (χ4v) is 3.67. The molecule has 4 aromatic rings. The molecule has 4 rings (SSSR count). The van der Waals surface area contributed by atoms with E-state index in [0.717, 1.165) is 22.6 Å². The van der Waals surface area contributed by atoms with Gasteiger partial charge in [0.25, 0.3) is 5.56 Å². The van der Waals surface area contributed by atoms with Gasteiger partial charge in [-0.15, -0.1) is 0 Å². The Kier molecular flexibility index (Phi) is 5.99. The number of fused-ring (bicyclic) bond motifs is 1. The average molecular weight is 443 g/mol. The second-order valence-corrected chi connectivity index (χ2v) is 7.41. The van der Waals surface area contributed by atoms with Gasteiger partial charge in [0.05, 0.1) is 11.2 Å².